The Morgan fingerprint density at radius 1 is 1.03 bits per heavy atom. The van der Waals surface area contributed by atoms with Gasteiger partial charge in [-0.3, -0.25) is 14.4 Å². The number of carbonyl (C=O) groups excluding carboxylic acids is 3. The number of esters is 1. The average Bonchev–Trinajstić information content (AvgIpc) is 3.38. The number of carbonyl (C=O) groups is 3. The van der Waals surface area contributed by atoms with Gasteiger partial charge in [-0.25, -0.2) is 5.01 Å². The van der Waals surface area contributed by atoms with Crippen molar-refractivity contribution in [1.82, 2.24) is 5.01 Å². The normalized spacial score (nSPS) is 18.5. The number of hydrogen-bond acceptors (Lipinski definition) is 7. The van der Waals surface area contributed by atoms with Gasteiger partial charge < -0.3 is 14.8 Å². The summed E-state index contributed by atoms with van der Waals surface area (Å²) < 4.78 is 10.6. The summed E-state index contributed by atoms with van der Waals surface area (Å²) in [5.74, 6) is -0.604. The standard InChI is InChI=1S/C28H25N3O5S/c1-35-20-13-11-19(12-14-20)23-15-22(18-7-3-2-4-8-18)30-31(23)26(32)17-36-27(33)16-25-28(34)29-21-9-5-6-10-24(21)37-25/h2-14,23,25H,15-17H2,1H3,(H,29,34)/t23-,25+/m0/s1. The minimum absolute atomic E-state index is 0.140. The predicted molar refractivity (Wildman–Crippen MR) is 140 cm³/mol. The third-order valence-electron chi connectivity index (χ3n) is 6.19. The maximum atomic E-state index is 13.2. The molecule has 0 bridgehead atoms. The van der Waals surface area contributed by atoms with Crippen molar-refractivity contribution in [3.63, 3.8) is 0 Å². The molecule has 0 aliphatic carbocycles. The number of para-hydroxylation sites is 1. The first-order valence-electron chi connectivity index (χ1n) is 11.8. The zero-order valence-electron chi connectivity index (χ0n) is 20.1. The molecule has 0 spiro atoms. The van der Waals surface area contributed by atoms with Crippen molar-refractivity contribution in [1.29, 1.82) is 0 Å². The Hall–Kier alpha value is -4.11. The highest BCUT2D eigenvalue weighted by atomic mass is 32.2. The zero-order valence-corrected chi connectivity index (χ0v) is 20.9. The van der Waals surface area contributed by atoms with Gasteiger partial charge in [-0.05, 0) is 35.4 Å². The van der Waals surface area contributed by atoms with E-state index in [9.17, 15) is 14.4 Å². The number of nitrogens with zero attached hydrogens (tertiary/aromatic N) is 2. The number of fused-ring (bicyclic) bond motifs is 1. The van der Waals surface area contributed by atoms with E-state index in [0.29, 0.717) is 12.2 Å². The van der Waals surface area contributed by atoms with Crippen LogP contribution in [-0.4, -0.2) is 47.5 Å². The number of anilines is 1. The van der Waals surface area contributed by atoms with Crippen LogP contribution in [0, 0.1) is 0 Å². The molecule has 188 valence electrons. The number of nitrogens with one attached hydrogen (secondary N) is 1. The van der Waals surface area contributed by atoms with Gasteiger partial charge >= 0.3 is 5.97 Å². The number of amides is 2. The van der Waals surface area contributed by atoms with Crippen LogP contribution in [0.1, 0.15) is 30.0 Å². The predicted octanol–water partition coefficient (Wildman–Crippen LogP) is 4.42. The first kappa shape index (κ1) is 24.6. The van der Waals surface area contributed by atoms with Gasteiger partial charge in [0.15, 0.2) is 6.61 Å². The lowest BCUT2D eigenvalue weighted by atomic mass is 9.98. The van der Waals surface area contributed by atoms with Crippen molar-refractivity contribution in [3.05, 3.63) is 90.0 Å². The SMILES string of the molecule is COc1ccc([C@@H]2CC(c3ccccc3)=NN2C(=O)COC(=O)C[C@H]2Sc3ccccc3NC2=O)cc1. The van der Waals surface area contributed by atoms with Gasteiger partial charge in [-0.2, -0.15) is 5.10 Å². The second-order valence-corrected chi connectivity index (χ2v) is 9.85. The molecule has 0 radical (unpaired) electrons. The molecule has 0 aromatic heterocycles. The smallest absolute Gasteiger partial charge is 0.307 e. The molecule has 2 amide bonds. The molecule has 2 aliphatic heterocycles. The molecule has 9 heteroatoms. The molecule has 3 aromatic rings. The van der Waals surface area contributed by atoms with E-state index in [4.69, 9.17) is 9.47 Å². The maximum Gasteiger partial charge on any atom is 0.307 e. The first-order chi connectivity index (χ1) is 18.0. The summed E-state index contributed by atoms with van der Waals surface area (Å²) in [4.78, 5) is 39.0. The van der Waals surface area contributed by atoms with Crippen LogP contribution < -0.4 is 10.1 Å². The highest BCUT2D eigenvalue weighted by molar-refractivity contribution is 8.01. The van der Waals surface area contributed by atoms with Crippen molar-refractivity contribution in [2.24, 2.45) is 5.10 Å². The minimum atomic E-state index is -0.626. The number of methoxy groups -OCH3 is 1. The summed E-state index contributed by atoms with van der Waals surface area (Å²) in [6, 6.07) is 24.2. The van der Waals surface area contributed by atoms with Gasteiger partial charge in [-0.1, -0.05) is 54.6 Å². The summed E-state index contributed by atoms with van der Waals surface area (Å²) in [7, 11) is 1.60. The molecule has 0 saturated carbocycles. The minimum Gasteiger partial charge on any atom is -0.497 e. The van der Waals surface area contributed by atoms with E-state index in [1.165, 1.54) is 16.8 Å². The average molecular weight is 516 g/mol. The lowest BCUT2D eigenvalue weighted by Gasteiger charge is -2.24. The summed E-state index contributed by atoms with van der Waals surface area (Å²) in [6.07, 6.45) is 0.382. The van der Waals surface area contributed by atoms with E-state index >= 15 is 0 Å². The van der Waals surface area contributed by atoms with Crippen LogP contribution in [0.4, 0.5) is 5.69 Å². The van der Waals surface area contributed by atoms with Crippen LogP contribution in [0.15, 0.2) is 88.9 Å². The van der Waals surface area contributed by atoms with E-state index in [0.717, 1.165) is 27.4 Å². The van der Waals surface area contributed by atoms with Crippen LogP contribution >= 0.6 is 11.8 Å². The first-order valence-corrected chi connectivity index (χ1v) is 12.7. The van der Waals surface area contributed by atoms with E-state index < -0.39 is 23.7 Å². The van der Waals surface area contributed by atoms with Crippen molar-refractivity contribution in [3.8, 4) is 5.75 Å². The zero-order chi connectivity index (χ0) is 25.8. The summed E-state index contributed by atoms with van der Waals surface area (Å²) in [5.41, 5.74) is 3.32. The van der Waals surface area contributed by atoms with Crippen LogP contribution in [0.2, 0.25) is 0 Å². The van der Waals surface area contributed by atoms with E-state index in [1.54, 1.807) is 7.11 Å². The maximum absolute atomic E-state index is 13.2. The summed E-state index contributed by atoms with van der Waals surface area (Å²) >= 11 is 1.31. The van der Waals surface area contributed by atoms with Gasteiger partial charge in [-0.15, -0.1) is 11.8 Å². The Kier molecular flexibility index (Phi) is 7.23. The van der Waals surface area contributed by atoms with Crippen molar-refractivity contribution >= 4 is 40.9 Å². The molecule has 37 heavy (non-hydrogen) atoms. The van der Waals surface area contributed by atoms with E-state index in [1.807, 2.05) is 78.9 Å². The number of thioether (sulfide) groups is 1. The molecule has 0 fully saturated rings. The number of benzene rings is 3. The molecule has 3 aromatic carbocycles. The quantitative estimate of drug-likeness (QED) is 0.468. The van der Waals surface area contributed by atoms with Gasteiger partial charge in [0.1, 0.15) is 5.75 Å². The van der Waals surface area contributed by atoms with Gasteiger partial charge in [0.2, 0.25) is 5.91 Å². The molecule has 0 unspecified atom stereocenters. The second kappa shape index (κ2) is 10.9. The Morgan fingerprint density at radius 2 is 1.76 bits per heavy atom. The lowest BCUT2D eigenvalue weighted by molar-refractivity contribution is -0.153. The number of hydrazone groups is 1. The highest BCUT2D eigenvalue weighted by Gasteiger charge is 2.34. The van der Waals surface area contributed by atoms with Gasteiger partial charge in [0, 0.05) is 11.3 Å². The van der Waals surface area contributed by atoms with E-state index in [2.05, 4.69) is 10.4 Å². The fourth-order valence-corrected chi connectivity index (χ4v) is 5.37. The van der Waals surface area contributed by atoms with Crippen LogP contribution in [0.5, 0.6) is 5.75 Å². The molecule has 2 heterocycles. The molecular weight excluding hydrogens is 490 g/mol. The molecular formula is C28H25N3O5S. The Morgan fingerprint density at radius 3 is 2.51 bits per heavy atom. The van der Waals surface area contributed by atoms with Crippen LogP contribution in [0.25, 0.3) is 0 Å². The highest BCUT2D eigenvalue weighted by Crippen LogP contribution is 2.37. The Labute approximate surface area is 218 Å². The van der Waals surface area contributed by atoms with Gasteiger partial charge in [0.25, 0.3) is 5.91 Å². The number of rotatable bonds is 7. The fraction of sp³-hybridized carbons (Fsp3) is 0.214. The molecule has 0 saturated heterocycles. The number of ether oxygens (including phenoxy) is 2. The molecule has 8 nitrogen and oxygen atoms in total. The Bertz CT molecular complexity index is 1340. The summed E-state index contributed by atoms with van der Waals surface area (Å²) in [5, 5.41) is 8.17. The lowest BCUT2D eigenvalue weighted by Crippen LogP contribution is -2.34. The van der Waals surface area contributed by atoms with E-state index in [-0.39, 0.29) is 18.4 Å². The molecule has 2 atom stereocenters. The fourth-order valence-electron chi connectivity index (χ4n) is 4.28. The van der Waals surface area contributed by atoms with Crippen LogP contribution in [-0.2, 0) is 19.1 Å². The number of hydrogen-bond donors (Lipinski definition) is 1. The summed E-state index contributed by atoms with van der Waals surface area (Å²) in [6.45, 7) is -0.466. The molecule has 2 aliphatic rings. The largest absolute Gasteiger partial charge is 0.497 e. The van der Waals surface area contributed by atoms with Crippen molar-refractivity contribution in [2.75, 3.05) is 19.0 Å². The van der Waals surface area contributed by atoms with Crippen LogP contribution in [0.3, 0.4) is 0 Å². The molecule has 5 rings (SSSR count). The third-order valence-corrected chi connectivity index (χ3v) is 7.46. The second-order valence-electron chi connectivity index (χ2n) is 8.60. The Balaban J connectivity index is 1.26. The topological polar surface area (TPSA) is 97.3 Å². The van der Waals surface area contributed by atoms with Crippen molar-refractivity contribution < 1.29 is 23.9 Å². The third kappa shape index (κ3) is 5.51. The van der Waals surface area contributed by atoms with Gasteiger partial charge in [0.05, 0.1) is 36.2 Å². The molecule has 1 N–H and O–H groups in total. The monoisotopic (exact) mass is 515 g/mol. The van der Waals surface area contributed by atoms with Crippen molar-refractivity contribution in [2.45, 2.75) is 29.0 Å².